The Morgan fingerprint density at radius 3 is 2.42 bits per heavy atom. The molecule has 1 amide bonds. The van der Waals surface area contributed by atoms with Crippen LogP contribution >= 0.6 is 0 Å². The molecule has 3 aromatic carbocycles. The zero-order valence-electron chi connectivity index (χ0n) is 22.4. The maximum absolute atomic E-state index is 13.3. The summed E-state index contributed by atoms with van der Waals surface area (Å²) in [5.74, 6) is 0.182. The molecule has 0 fully saturated rings. The number of sulfonamides is 1. The highest BCUT2D eigenvalue weighted by Gasteiger charge is 2.36. The third kappa shape index (κ3) is 5.64. The van der Waals surface area contributed by atoms with Crippen molar-refractivity contribution in [2.24, 2.45) is 4.99 Å². The summed E-state index contributed by atoms with van der Waals surface area (Å²) in [7, 11) is 0.278. The second kappa shape index (κ2) is 11.0. The average Bonchev–Trinajstić information content (AvgIpc) is 3.25. The number of hydrogen-bond acceptors (Lipinski definition) is 8. The summed E-state index contributed by atoms with van der Waals surface area (Å²) in [4.78, 5) is 20.1. The van der Waals surface area contributed by atoms with Gasteiger partial charge < -0.3 is 19.7 Å². The third-order valence-corrected chi connectivity index (χ3v) is 7.86. The lowest BCUT2D eigenvalue weighted by Crippen LogP contribution is -2.35. The molecule has 2 aliphatic heterocycles. The molecular formula is C29H29N5O5S. The van der Waals surface area contributed by atoms with Gasteiger partial charge in [0.2, 0.25) is 15.9 Å². The summed E-state index contributed by atoms with van der Waals surface area (Å²) >= 11 is 0. The molecule has 40 heavy (non-hydrogen) atoms. The van der Waals surface area contributed by atoms with Gasteiger partial charge in [-0.25, -0.2) is 8.42 Å². The number of nitriles is 1. The third-order valence-electron chi connectivity index (χ3n) is 6.66. The summed E-state index contributed by atoms with van der Waals surface area (Å²) < 4.78 is 37.8. The summed E-state index contributed by atoms with van der Waals surface area (Å²) in [6.07, 6.45) is 1.18. The number of aliphatic imine (C=N–C) groups is 1. The first-order valence-corrected chi connectivity index (χ1v) is 14.5. The first-order valence-electron chi connectivity index (χ1n) is 12.7. The number of carbonyl (C=O) groups is 1. The number of likely N-dealkylation sites (N-methyl/N-ethyl adjacent to an activating group) is 1. The lowest BCUT2D eigenvalue weighted by Gasteiger charge is -2.24. The minimum absolute atomic E-state index is 0.262. The molecule has 1 unspecified atom stereocenters. The quantitative estimate of drug-likeness (QED) is 0.419. The second-order valence-electron chi connectivity index (χ2n) is 9.85. The summed E-state index contributed by atoms with van der Waals surface area (Å²) in [6.45, 7) is 1.74. The number of benzene rings is 3. The van der Waals surface area contributed by atoms with E-state index in [9.17, 15) is 18.5 Å². The van der Waals surface area contributed by atoms with Gasteiger partial charge in [-0.05, 0) is 74.3 Å². The van der Waals surface area contributed by atoms with E-state index in [4.69, 9.17) is 14.5 Å². The van der Waals surface area contributed by atoms with Gasteiger partial charge in [-0.3, -0.25) is 14.1 Å². The number of anilines is 2. The van der Waals surface area contributed by atoms with Gasteiger partial charge in [-0.1, -0.05) is 6.07 Å². The molecule has 5 rings (SSSR count). The van der Waals surface area contributed by atoms with Gasteiger partial charge in [0.1, 0.15) is 19.1 Å². The van der Waals surface area contributed by atoms with Gasteiger partial charge in [-0.15, -0.1) is 0 Å². The molecule has 0 saturated heterocycles. The molecule has 11 heteroatoms. The van der Waals surface area contributed by atoms with Gasteiger partial charge in [0.05, 0.1) is 35.0 Å². The molecule has 206 valence electrons. The Hall–Kier alpha value is -4.40. The average molecular weight is 560 g/mol. The Kier molecular flexibility index (Phi) is 7.47. The van der Waals surface area contributed by atoms with Crippen LogP contribution in [0.2, 0.25) is 0 Å². The molecule has 10 nitrogen and oxygen atoms in total. The molecule has 1 atom stereocenters. The van der Waals surface area contributed by atoms with Crippen LogP contribution in [0.4, 0.5) is 17.1 Å². The van der Waals surface area contributed by atoms with E-state index < -0.39 is 15.9 Å². The van der Waals surface area contributed by atoms with Crippen molar-refractivity contribution in [1.82, 2.24) is 4.90 Å². The molecular weight excluding hydrogens is 530 g/mol. The Balaban J connectivity index is 1.57. The van der Waals surface area contributed by atoms with E-state index in [1.54, 1.807) is 48.5 Å². The van der Waals surface area contributed by atoms with Crippen molar-refractivity contribution in [2.45, 2.75) is 5.92 Å². The molecule has 0 spiro atoms. The standard InChI is InChI=1S/C29H29N5O5S/c1-33(2)12-13-34(40(3,36)37)22-8-6-21(7-9-22)31-28(20-5-11-25-26(17-20)39-15-14-38-25)27-23-10-4-19(18-30)16-24(23)32-29(27)35/h4-11,16-17,27H,12-15H2,1-3H3,(H,32,35). The molecule has 2 heterocycles. The number of nitrogens with one attached hydrogen (secondary N) is 1. The lowest BCUT2D eigenvalue weighted by atomic mass is 9.90. The van der Waals surface area contributed by atoms with E-state index in [0.717, 1.165) is 0 Å². The predicted octanol–water partition coefficient (Wildman–Crippen LogP) is 3.51. The number of amides is 1. The van der Waals surface area contributed by atoms with Crippen LogP contribution in [0.1, 0.15) is 22.6 Å². The van der Waals surface area contributed by atoms with Gasteiger partial charge in [0, 0.05) is 24.3 Å². The molecule has 0 radical (unpaired) electrons. The number of rotatable bonds is 8. The van der Waals surface area contributed by atoms with E-state index in [0.29, 0.717) is 77.3 Å². The van der Waals surface area contributed by atoms with Crippen LogP contribution in [0.15, 0.2) is 65.7 Å². The Morgan fingerprint density at radius 1 is 1.02 bits per heavy atom. The van der Waals surface area contributed by atoms with Crippen LogP contribution in [0.25, 0.3) is 0 Å². The Labute approximate surface area is 233 Å². The van der Waals surface area contributed by atoms with Crippen molar-refractivity contribution < 1.29 is 22.7 Å². The van der Waals surface area contributed by atoms with Crippen LogP contribution < -0.4 is 19.1 Å². The molecule has 0 aromatic heterocycles. The number of hydrogen-bond donors (Lipinski definition) is 1. The van der Waals surface area contributed by atoms with Crippen molar-refractivity contribution in [3.63, 3.8) is 0 Å². The smallest absolute Gasteiger partial charge is 0.238 e. The predicted molar refractivity (Wildman–Crippen MR) is 153 cm³/mol. The Bertz CT molecular complexity index is 1630. The first kappa shape index (κ1) is 27.2. The maximum Gasteiger partial charge on any atom is 0.238 e. The zero-order chi connectivity index (χ0) is 28.4. The highest BCUT2D eigenvalue weighted by Crippen LogP contribution is 2.39. The molecule has 0 saturated carbocycles. The highest BCUT2D eigenvalue weighted by molar-refractivity contribution is 7.92. The van der Waals surface area contributed by atoms with Gasteiger partial charge >= 0.3 is 0 Å². The van der Waals surface area contributed by atoms with Crippen LogP contribution in [-0.2, 0) is 14.8 Å². The number of ether oxygens (including phenoxy) is 2. The van der Waals surface area contributed by atoms with E-state index in [1.165, 1.54) is 10.6 Å². The molecule has 3 aromatic rings. The highest BCUT2D eigenvalue weighted by atomic mass is 32.2. The van der Waals surface area contributed by atoms with Gasteiger partial charge in [-0.2, -0.15) is 5.26 Å². The van der Waals surface area contributed by atoms with E-state index in [2.05, 4.69) is 11.4 Å². The van der Waals surface area contributed by atoms with Crippen molar-refractivity contribution in [1.29, 1.82) is 5.26 Å². The fourth-order valence-electron chi connectivity index (χ4n) is 4.71. The van der Waals surface area contributed by atoms with Crippen molar-refractivity contribution in [3.05, 3.63) is 77.4 Å². The number of nitrogens with zero attached hydrogens (tertiary/aromatic N) is 4. The fraction of sp³-hybridized carbons (Fsp3) is 0.276. The summed E-state index contributed by atoms with van der Waals surface area (Å²) in [6, 6.07) is 19.5. The summed E-state index contributed by atoms with van der Waals surface area (Å²) in [5, 5.41) is 12.2. The molecule has 0 aliphatic carbocycles. The van der Waals surface area contributed by atoms with Crippen LogP contribution in [0.5, 0.6) is 11.5 Å². The molecule has 2 aliphatic rings. The SMILES string of the molecule is CN(C)CCN(c1ccc(N=C(c2ccc3c(c2)OCCO3)C2C(=O)Nc3cc(C#N)ccc32)cc1)S(C)(=O)=O. The van der Waals surface area contributed by atoms with E-state index >= 15 is 0 Å². The topological polar surface area (TPSA) is 124 Å². The summed E-state index contributed by atoms with van der Waals surface area (Å²) in [5.41, 5.74) is 3.95. The minimum Gasteiger partial charge on any atom is -0.486 e. The lowest BCUT2D eigenvalue weighted by molar-refractivity contribution is -0.115. The van der Waals surface area contributed by atoms with Crippen molar-refractivity contribution in [3.8, 4) is 17.6 Å². The normalized spacial score (nSPS) is 16.3. The number of carbonyl (C=O) groups excluding carboxylic acids is 1. The van der Waals surface area contributed by atoms with Crippen LogP contribution in [0.3, 0.4) is 0 Å². The molecule has 1 N–H and O–H groups in total. The first-order chi connectivity index (χ1) is 19.1. The van der Waals surface area contributed by atoms with Crippen LogP contribution in [-0.4, -0.2) is 71.6 Å². The van der Waals surface area contributed by atoms with Gasteiger partial charge in [0.15, 0.2) is 11.5 Å². The van der Waals surface area contributed by atoms with E-state index in [-0.39, 0.29) is 5.91 Å². The van der Waals surface area contributed by atoms with Crippen molar-refractivity contribution >= 4 is 38.7 Å². The monoisotopic (exact) mass is 559 g/mol. The van der Waals surface area contributed by atoms with Gasteiger partial charge in [0.25, 0.3) is 0 Å². The largest absolute Gasteiger partial charge is 0.486 e. The minimum atomic E-state index is -3.49. The van der Waals surface area contributed by atoms with Crippen LogP contribution in [0, 0.1) is 11.3 Å². The number of fused-ring (bicyclic) bond motifs is 2. The molecule has 0 bridgehead atoms. The second-order valence-corrected chi connectivity index (χ2v) is 11.8. The zero-order valence-corrected chi connectivity index (χ0v) is 23.2. The fourth-order valence-corrected chi connectivity index (χ4v) is 5.63. The Morgan fingerprint density at radius 2 is 1.75 bits per heavy atom. The van der Waals surface area contributed by atoms with E-state index in [1.807, 2.05) is 31.1 Å². The van der Waals surface area contributed by atoms with Crippen molar-refractivity contribution in [2.75, 3.05) is 56.3 Å². The maximum atomic E-state index is 13.3.